The molecule has 0 radical (unpaired) electrons. The zero-order chi connectivity index (χ0) is 16.5. The molecule has 136 valence electrons. The summed E-state index contributed by atoms with van der Waals surface area (Å²) in [5.41, 5.74) is 0.988. The molecule has 2 rings (SSSR count). The Hall–Kier alpha value is -0.890. The molecule has 0 spiro atoms. The van der Waals surface area contributed by atoms with Gasteiger partial charge in [0.25, 0.3) is 0 Å². The lowest BCUT2D eigenvalue weighted by Gasteiger charge is -2.38. The Morgan fingerprint density at radius 1 is 1.38 bits per heavy atom. The van der Waals surface area contributed by atoms with E-state index in [-0.39, 0.29) is 24.0 Å². The van der Waals surface area contributed by atoms with Crippen LogP contribution >= 0.6 is 24.0 Å². The molecule has 0 amide bonds. The number of aromatic nitrogens is 1. The van der Waals surface area contributed by atoms with Gasteiger partial charge in [-0.3, -0.25) is 9.88 Å². The molecule has 24 heavy (non-hydrogen) atoms. The van der Waals surface area contributed by atoms with E-state index < -0.39 is 0 Å². The van der Waals surface area contributed by atoms with Gasteiger partial charge < -0.3 is 10.6 Å². The molecule has 1 aliphatic heterocycles. The van der Waals surface area contributed by atoms with E-state index in [9.17, 15) is 0 Å². The average molecular weight is 445 g/mol. The van der Waals surface area contributed by atoms with Gasteiger partial charge in [0.2, 0.25) is 0 Å². The maximum Gasteiger partial charge on any atom is 0.191 e. The van der Waals surface area contributed by atoms with Crippen LogP contribution in [0.3, 0.4) is 0 Å². The minimum absolute atomic E-state index is 0. The third kappa shape index (κ3) is 6.93. The molecule has 1 aromatic rings. The van der Waals surface area contributed by atoms with Gasteiger partial charge in [0.05, 0.1) is 12.2 Å². The minimum atomic E-state index is 0. The predicted molar refractivity (Wildman–Crippen MR) is 112 cm³/mol. The van der Waals surface area contributed by atoms with Gasteiger partial charge in [0, 0.05) is 31.4 Å². The van der Waals surface area contributed by atoms with E-state index in [1.54, 1.807) is 0 Å². The van der Waals surface area contributed by atoms with Gasteiger partial charge in [0.15, 0.2) is 5.96 Å². The quantitative estimate of drug-likeness (QED) is 0.402. The van der Waals surface area contributed by atoms with Crippen LogP contribution in [0.15, 0.2) is 29.4 Å². The molecule has 2 unspecified atom stereocenters. The van der Waals surface area contributed by atoms with Crippen molar-refractivity contribution in [2.75, 3.05) is 19.6 Å². The topological polar surface area (TPSA) is 52.6 Å². The monoisotopic (exact) mass is 445 g/mol. The second kappa shape index (κ2) is 11.6. The average Bonchev–Trinajstić information content (AvgIpc) is 2.58. The van der Waals surface area contributed by atoms with Crippen molar-refractivity contribution in [3.05, 3.63) is 30.1 Å². The Kier molecular flexibility index (Phi) is 10.2. The molecule has 0 saturated carbocycles. The van der Waals surface area contributed by atoms with Crippen LogP contribution in [0.5, 0.6) is 0 Å². The second-order valence-corrected chi connectivity index (χ2v) is 6.33. The molecule has 2 atom stereocenters. The van der Waals surface area contributed by atoms with Gasteiger partial charge >= 0.3 is 0 Å². The highest BCUT2D eigenvalue weighted by Gasteiger charge is 2.22. The van der Waals surface area contributed by atoms with Crippen LogP contribution in [-0.2, 0) is 6.54 Å². The Morgan fingerprint density at radius 3 is 2.88 bits per heavy atom. The number of likely N-dealkylation sites (tertiary alicyclic amines) is 1. The van der Waals surface area contributed by atoms with E-state index in [2.05, 4.69) is 46.3 Å². The third-order valence-electron chi connectivity index (χ3n) is 4.45. The molecule has 0 aromatic carbocycles. The van der Waals surface area contributed by atoms with Crippen LogP contribution in [0.1, 0.15) is 45.7 Å². The molecule has 5 nitrogen and oxygen atoms in total. The number of pyridine rings is 1. The van der Waals surface area contributed by atoms with Gasteiger partial charge in [-0.05, 0) is 52.3 Å². The number of nitrogens with zero attached hydrogens (tertiary/aromatic N) is 3. The van der Waals surface area contributed by atoms with Crippen LogP contribution in [0, 0.1) is 0 Å². The van der Waals surface area contributed by atoms with Gasteiger partial charge in [0.1, 0.15) is 0 Å². The largest absolute Gasteiger partial charge is 0.357 e. The van der Waals surface area contributed by atoms with Crippen molar-refractivity contribution in [2.24, 2.45) is 4.99 Å². The first-order valence-electron chi connectivity index (χ1n) is 8.88. The lowest BCUT2D eigenvalue weighted by Crippen LogP contribution is -2.50. The van der Waals surface area contributed by atoms with Crippen molar-refractivity contribution in [1.29, 1.82) is 0 Å². The second-order valence-electron chi connectivity index (χ2n) is 6.33. The molecular formula is C18H32IN5. The lowest BCUT2D eigenvalue weighted by molar-refractivity contribution is 0.115. The Balaban J connectivity index is 0.00000288. The smallest absolute Gasteiger partial charge is 0.191 e. The van der Waals surface area contributed by atoms with Gasteiger partial charge in [-0.15, -0.1) is 24.0 Å². The number of nitrogens with one attached hydrogen (secondary N) is 2. The number of guanidine groups is 1. The summed E-state index contributed by atoms with van der Waals surface area (Å²) < 4.78 is 0. The molecule has 0 aliphatic carbocycles. The summed E-state index contributed by atoms with van der Waals surface area (Å²) >= 11 is 0. The van der Waals surface area contributed by atoms with E-state index >= 15 is 0 Å². The van der Waals surface area contributed by atoms with Crippen LogP contribution in [0.2, 0.25) is 0 Å². The lowest BCUT2D eigenvalue weighted by atomic mass is 10.0. The molecule has 0 bridgehead atoms. The number of rotatable bonds is 6. The number of piperidine rings is 1. The number of hydrogen-bond acceptors (Lipinski definition) is 3. The summed E-state index contributed by atoms with van der Waals surface area (Å²) in [5, 5.41) is 6.79. The van der Waals surface area contributed by atoms with Gasteiger partial charge in [-0.2, -0.15) is 0 Å². The fraction of sp³-hybridized carbons (Fsp3) is 0.667. The first-order valence-corrected chi connectivity index (χ1v) is 8.88. The molecular weight excluding hydrogens is 413 g/mol. The number of hydrogen-bond donors (Lipinski definition) is 2. The molecule has 6 heteroatoms. The highest BCUT2D eigenvalue weighted by Crippen LogP contribution is 2.18. The molecule has 1 fully saturated rings. The SMILES string of the molecule is CCNC(=NCc1ccccn1)NCC(C)N1CCCCC1C.I. The van der Waals surface area contributed by atoms with E-state index in [0.29, 0.717) is 18.6 Å². The van der Waals surface area contributed by atoms with E-state index in [0.717, 1.165) is 24.7 Å². The Labute approximate surface area is 163 Å². The van der Waals surface area contributed by atoms with Crippen LogP contribution in [-0.4, -0.2) is 47.6 Å². The van der Waals surface area contributed by atoms with Crippen LogP contribution < -0.4 is 10.6 Å². The number of aliphatic imine (C=N–C) groups is 1. The molecule has 2 heterocycles. The van der Waals surface area contributed by atoms with Crippen LogP contribution in [0.25, 0.3) is 0 Å². The van der Waals surface area contributed by atoms with Crippen molar-refractivity contribution in [3.63, 3.8) is 0 Å². The van der Waals surface area contributed by atoms with Crippen molar-refractivity contribution in [2.45, 2.75) is 58.7 Å². The molecule has 1 saturated heterocycles. The van der Waals surface area contributed by atoms with Crippen molar-refractivity contribution < 1.29 is 0 Å². The van der Waals surface area contributed by atoms with E-state index in [1.807, 2.05) is 24.4 Å². The van der Waals surface area contributed by atoms with E-state index in [1.165, 1.54) is 25.8 Å². The third-order valence-corrected chi connectivity index (χ3v) is 4.45. The van der Waals surface area contributed by atoms with Crippen LogP contribution in [0.4, 0.5) is 0 Å². The normalized spacial score (nSPS) is 20.1. The number of halogens is 1. The fourth-order valence-electron chi connectivity index (χ4n) is 3.13. The van der Waals surface area contributed by atoms with Crippen molar-refractivity contribution >= 4 is 29.9 Å². The summed E-state index contributed by atoms with van der Waals surface area (Å²) in [4.78, 5) is 11.6. The summed E-state index contributed by atoms with van der Waals surface area (Å²) in [6, 6.07) is 7.14. The summed E-state index contributed by atoms with van der Waals surface area (Å²) in [7, 11) is 0. The standard InChI is InChI=1S/C18H31N5.HI/c1-4-19-18(22-14-17-10-5-7-11-20-17)21-13-16(3)23-12-8-6-9-15(23)2;/h5,7,10-11,15-16H,4,6,8-9,12-14H2,1-3H3,(H2,19,21,22);1H. The first-order chi connectivity index (χ1) is 11.2. The Bertz CT molecular complexity index is 480. The molecule has 2 N–H and O–H groups in total. The summed E-state index contributed by atoms with van der Waals surface area (Å²) in [6.07, 6.45) is 5.82. The van der Waals surface area contributed by atoms with Gasteiger partial charge in [-0.25, -0.2) is 4.99 Å². The highest BCUT2D eigenvalue weighted by atomic mass is 127. The van der Waals surface area contributed by atoms with Crippen molar-refractivity contribution in [3.8, 4) is 0 Å². The summed E-state index contributed by atoms with van der Waals surface area (Å²) in [6.45, 7) is 10.3. The molecule has 1 aliphatic rings. The van der Waals surface area contributed by atoms with Crippen molar-refractivity contribution in [1.82, 2.24) is 20.5 Å². The maximum absolute atomic E-state index is 4.63. The summed E-state index contributed by atoms with van der Waals surface area (Å²) in [5.74, 6) is 0.870. The maximum atomic E-state index is 4.63. The fourth-order valence-corrected chi connectivity index (χ4v) is 3.13. The highest BCUT2D eigenvalue weighted by molar-refractivity contribution is 14.0. The first kappa shape index (κ1) is 21.2. The predicted octanol–water partition coefficient (Wildman–Crippen LogP) is 3.02. The molecule has 1 aromatic heterocycles. The zero-order valence-corrected chi connectivity index (χ0v) is 17.5. The minimum Gasteiger partial charge on any atom is -0.357 e. The Morgan fingerprint density at radius 2 is 2.21 bits per heavy atom. The van der Waals surface area contributed by atoms with E-state index in [4.69, 9.17) is 0 Å². The van der Waals surface area contributed by atoms with Gasteiger partial charge in [-0.1, -0.05) is 12.5 Å². The zero-order valence-electron chi connectivity index (χ0n) is 15.2.